The second kappa shape index (κ2) is 9.43. The van der Waals surface area contributed by atoms with Crippen LogP contribution in [-0.4, -0.2) is 61.1 Å². The highest BCUT2D eigenvalue weighted by Gasteiger charge is 2.36. The minimum Gasteiger partial charge on any atom is -0.452 e. The molecule has 0 aliphatic carbocycles. The number of carbonyl (C=O) groups is 2. The summed E-state index contributed by atoms with van der Waals surface area (Å²) in [4.78, 5) is 27.2. The molecule has 1 fully saturated rings. The number of nitrogens with zero attached hydrogens (tertiary/aromatic N) is 1. The van der Waals surface area contributed by atoms with Crippen molar-refractivity contribution in [1.82, 2.24) is 4.90 Å². The molecule has 1 aromatic carbocycles. The molecule has 1 amide bonds. The lowest BCUT2D eigenvalue weighted by molar-refractivity contribution is -0.157. The third-order valence-corrected chi connectivity index (χ3v) is 7.80. The van der Waals surface area contributed by atoms with Crippen molar-refractivity contribution in [2.75, 3.05) is 23.8 Å². The van der Waals surface area contributed by atoms with E-state index in [1.54, 1.807) is 6.92 Å². The van der Waals surface area contributed by atoms with Gasteiger partial charge in [-0.1, -0.05) is 15.9 Å². The normalized spacial score (nSPS) is 19.5. The molecule has 6 nitrogen and oxygen atoms in total. The second-order valence-corrected chi connectivity index (χ2v) is 10.7. The molecule has 1 aliphatic rings. The quantitative estimate of drug-likeness (QED) is 0.443. The van der Waals surface area contributed by atoms with Gasteiger partial charge in [-0.3, -0.25) is 9.59 Å². The predicted octanol–water partition coefficient (Wildman–Crippen LogP) is 2.82. The fourth-order valence-electron chi connectivity index (χ4n) is 3.04. The predicted molar refractivity (Wildman–Crippen MR) is 110 cm³/mol. The highest BCUT2D eigenvalue weighted by molar-refractivity contribution is 9.10. The van der Waals surface area contributed by atoms with E-state index in [4.69, 9.17) is 4.74 Å². The number of benzene rings is 1. The first-order chi connectivity index (χ1) is 12.6. The molecule has 27 heavy (non-hydrogen) atoms. The Morgan fingerprint density at radius 2 is 2.11 bits per heavy atom. The second-order valence-electron chi connectivity index (χ2n) is 6.51. The number of ether oxygens (including phenoxy) is 1. The maximum atomic E-state index is 12.6. The third-order valence-electron chi connectivity index (χ3n) is 4.41. The summed E-state index contributed by atoms with van der Waals surface area (Å²) in [5, 5.41) is 0. The summed E-state index contributed by atoms with van der Waals surface area (Å²) in [7, 11) is -3.09. The van der Waals surface area contributed by atoms with Gasteiger partial charge in [0.1, 0.15) is 0 Å². The minimum atomic E-state index is -3.09. The molecule has 2 unspecified atom stereocenters. The molecule has 1 saturated heterocycles. The molecule has 2 rings (SSSR count). The fourth-order valence-corrected chi connectivity index (χ4v) is 6.04. The lowest BCUT2D eigenvalue weighted by Gasteiger charge is -2.29. The van der Waals surface area contributed by atoms with Crippen molar-refractivity contribution in [3.63, 3.8) is 0 Å². The van der Waals surface area contributed by atoms with E-state index in [2.05, 4.69) is 15.9 Å². The van der Waals surface area contributed by atoms with Crippen molar-refractivity contribution in [1.29, 1.82) is 0 Å². The highest BCUT2D eigenvalue weighted by atomic mass is 79.9. The zero-order valence-electron chi connectivity index (χ0n) is 15.6. The van der Waals surface area contributed by atoms with Gasteiger partial charge in [0.05, 0.1) is 17.3 Å². The first-order valence-corrected chi connectivity index (χ1v) is 12.3. The molecule has 0 N–H and O–H groups in total. The largest absolute Gasteiger partial charge is 0.452 e. The van der Waals surface area contributed by atoms with Gasteiger partial charge in [-0.15, -0.1) is 11.8 Å². The SMILES string of the molecule is CCN(C(=O)C(C)OC(=O)CSc1ccc(Br)cc1C)C1CCS(=O)(=O)C1. The van der Waals surface area contributed by atoms with E-state index in [-0.39, 0.29) is 29.2 Å². The number of aryl methyl sites for hydroxylation is 1. The molecule has 1 aromatic rings. The van der Waals surface area contributed by atoms with E-state index >= 15 is 0 Å². The molecule has 0 radical (unpaired) electrons. The molecule has 1 heterocycles. The van der Waals surface area contributed by atoms with E-state index in [1.165, 1.54) is 23.6 Å². The van der Waals surface area contributed by atoms with Crippen LogP contribution >= 0.6 is 27.7 Å². The molecule has 0 aromatic heterocycles. The number of likely N-dealkylation sites (N-methyl/N-ethyl adjacent to an activating group) is 1. The Hall–Kier alpha value is -1.06. The van der Waals surface area contributed by atoms with Crippen LogP contribution in [0.2, 0.25) is 0 Å². The maximum Gasteiger partial charge on any atom is 0.317 e. The van der Waals surface area contributed by atoms with Crippen LogP contribution in [0.15, 0.2) is 27.6 Å². The van der Waals surface area contributed by atoms with Crippen molar-refractivity contribution >= 4 is 49.4 Å². The first-order valence-electron chi connectivity index (χ1n) is 8.72. The first kappa shape index (κ1) is 22.2. The molecular formula is C18H24BrNO5S2. The number of rotatable bonds is 7. The van der Waals surface area contributed by atoms with Gasteiger partial charge in [-0.25, -0.2) is 8.42 Å². The molecule has 1 aliphatic heterocycles. The van der Waals surface area contributed by atoms with Gasteiger partial charge in [0.25, 0.3) is 5.91 Å². The van der Waals surface area contributed by atoms with Gasteiger partial charge in [0, 0.05) is 22.0 Å². The Morgan fingerprint density at radius 3 is 2.67 bits per heavy atom. The summed E-state index contributed by atoms with van der Waals surface area (Å²) in [6.45, 7) is 5.67. The van der Waals surface area contributed by atoms with Crippen molar-refractivity contribution in [3.05, 3.63) is 28.2 Å². The van der Waals surface area contributed by atoms with Crippen molar-refractivity contribution in [2.45, 2.75) is 44.2 Å². The molecule has 9 heteroatoms. The summed E-state index contributed by atoms with van der Waals surface area (Å²) in [6, 6.07) is 5.45. The van der Waals surface area contributed by atoms with E-state index < -0.39 is 21.9 Å². The van der Waals surface area contributed by atoms with Crippen molar-refractivity contribution in [2.24, 2.45) is 0 Å². The zero-order valence-corrected chi connectivity index (χ0v) is 18.8. The number of carbonyl (C=O) groups excluding carboxylic acids is 2. The van der Waals surface area contributed by atoms with Crippen LogP contribution in [0.5, 0.6) is 0 Å². The summed E-state index contributed by atoms with van der Waals surface area (Å²) in [5.41, 5.74) is 1.05. The number of thioether (sulfide) groups is 1. The maximum absolute atomic E-state index is 12.6. The lowest BCUT2D eigenvalue weighted by Crippen LogP contribution is -2.46. The van der Waals surface area contributed by atoms with Gasteiger partial charge in [0.2, 0.25) is 0 Å². The van der Waals surface area contributed by atoms with E-state index in [0.717, 1.165) is 14.9 Å². The van der Waals surface area contributed by atoms with Crippen molar-refractivity contribution in [3.8, 4) is 0 Å². The minimum absolute atomic E-state index is 0.0219. The van der Waals surface area contributed by atoms with E-state index in [0.29, 0.717) is 13.0 Å². The number of esters is 1. The van der Waals surface area contributed by atoms with Gasteiger partial charge in [-0.05, 0) is 51.0 Å². The van der Waals surface area contributed by atoms with Crippen LogP contribution in [0, 0.1) is 6.92 Å². The number of hydrogen-bond acceptors (Lipinski definition) is 6. The zero-order chi connectivity index (χ0) is 20.2. The molecule has 150 valence electrons. The Kier molecular flexibility index (Phi) is 7.76. The van der Waals surface area contributed by atoms with Crippen LogP contribution in [0.4, 0.5) is 0 Å². The average Bonchev–Trinajstić information content (AvgIpc) is 2.94. The standard InChI is InChI=1S/C18H24BrNO5S2/c1-4-20(15-7-8-27(23,24)11-15)18(22)13(3)25-17(21)10-26-16-6-5-14(19)9-12(16)2/h5-6,9,13,15H,4,7-8,10-11H2,1-3H3. The summed E-state index contributed by atoms with van der Waals surface area (Å²) in [6.07, 6.45) is -0.506. The number of hydrogen-bond donors (Lipinski definition) is 0. The van der Waals surface area contributed by atoms with Gasteiger partial charge < -0.3 is 9.64 Å². The smallest absolute Gasteiger partial charge is 0.317 e. The van der Waals surface area contributed by atoms with E-state index in [1.807, 2.05) is 25.1 Å². The topological polar surface area (TPSA) is 80.8 Å². The number of amides is 1. The van der Waals surface area contributed by atoms with Gasteiger partial charge in [-0.2, -0.15) is 0 Å². The summed E-state index contributed by atoms with van der Waals surface area (Å²) in [5.74, 6) is -0.648. The average molecular weight is 478 g/mol. The Balaban J connectivity index is 1.89. The highest BCUT2D eigenvalue weighted by Crippen LogP contribution is 2.25. The molecular weight excluding hydrogens is 454 g/mol. The Labute approximate surface area is 173 Å². The fraction of sp³-hybridized carbons (Fsp3) is 0.556. The van der Waals surface area contributed by atoms with Crippen LogP contribution in [0.3, 0.4) is 0 Å². The van der Waals surface area contributed by atoms with Crippen LogP contribution in [0.1, 0.15) is 25.8 Å². The molecule has 0 saturated carbocycles. The summed E-state index contributed by atoms with van der Waals surface area (Å²) >= 11 is 4.76. The molecule has 0 bridgehead atoms. The summed E-state index contributed by atoms with van der Waals surface area (Å²) < 4.78 is 29.6. The van der Waals surface area contributed by atoms with Gasteiger partial charge in [0.15, 0.2) is 15.9 Å². The Bertz CT molecular complexity index is 812. The third kappa shape index (κ3) is 6.22. The number of sulfone groups is 1. The molecule has 2 atom stereocenters. The molecule has 0 spiro atoms. The van der Waals surface area contributed by atoms with E-state index in [9.17, 15) is 18.0 Å². The van der Waals surface area contributed by atoms with Crippen LogP contribution < -0.4 is 0 Å². The monoisotopic (exact) mass is 477 g/mol. The van der Waals surface area contributed by atoms with Gasteiger partial charge >= 0.3 is 5.97 Å². The Morgan fingerprint density at radius 1 is 1.41 bits per heavy atom. The number of halogens is 1. The van der Waals surface area contributed by atoms with Crippen molar-refractivity contribution < 1.29 is 22.7 Å². The lowest BCUT2D eigenvalue weighted by atomic mass is 10.2. The van der Waals surface area contributed by atoms with Crippen LogP contribution in [0.25, 0.3) is 0 Å². The van der Waals surface area contributed by atoms with Crippen LogP contribution in [-0.2, 0) is 24.2 Å².